The number of amides is 1. The topological polar surface area (TPSA) is 84.4 Å². The lowest BCUT2D eigenvalue weighted by Gasteiger charge is -2.34. The predicted octanol–water partition coefficient (Wildman–Crippen LogP) is -0.315. The standard InChI is InChI=1S/C12H20N4O2/c1-15(6-9-4-10(17)5-9)12(18)11-7-16(3-2-13)8-14-11/h7-10,17H,2-6,13H2,1H3. The highest BCUT2D eigenvalue weighted by molar-refractivity contribution is 5.91. The molecule has 1 aliphatic carbocycles. The number of hydrogen-bond donors (Lipinski definition) is 2. The number of rotatable bonds is 5. The van der Waals surface area contributed by atoms with Crippen LogP contribution in [0.2, 0.25) is 0 Å². The molecule has 18 heavy (non-hydrogen) atoms. The molecule has 6 nitrogen and oxygen atoms in total. The van der Waals surface area contributed by atoms with Crippen molar-refractivity contribution in [1.29, 1.82) is 0 Å². The minimum Gasteiger partial charge on any atom is -0.393 e. The summed E-state index contributed by atoms with van der Waals surface area (Å²) in [6.45, 7) is 1.87. The van der Waals surface area contributed by atoms with Gasteiger partial charge in [0.15, 0.2) is 0 Å². The van der Waals surface area contributed by atoms with Crippen molar-refractivity contribution in [3.63, 3.8) is 0 Å². The highest BCUT2D eigenvalue weighted by Crippen LogP contribution is 2.27. The van der Waals surface area contributed by atoms with Gasteiger partial charge in [0, 0.05) is 32.9 Å². The lowest BCUT2D eigenvalue weighted by Crippen LogP contribution is -2.39. The lowest BCUT2D eigenvalue weighted by molar-refractivity contribution is 0.0264. The van der Waals surface area contributed by atoms with Crippen LogP contribution in [0.4, 0.5) is 0 Å². The number of carbonyl (C=O) groups is 1. The van der Waals surface area contributed by atoms with E-state index in [0.29, 0.717) is 31.2 Å². The zero-order chi connectivity index (χ0) is 13.1. The van der Waals surface area contributed by atoms with Crippen LogP contribution < -0.4 is 5.73 Å². The average molecular weight is 252 g/mol. The van der Waals surface area contributed by atoms with Crippen LogP contribution in [0.25, 0.3) is 0 Å². The summed E-state index contributed by atoms with van der Waals surface area (Å²) in [5.74, 6) is 0.340. The van der Waals surface area contributed by atoms with Crippen LogP contribution in [-0.2, 0) is 6.54 Å². The van der Waals surface area contributed by atoms with Crippen LogP contribution in [0.15, 0.2) is 12.5 Å². The predicted molar refractivity (Wildman–Crippen MR) is 67.0 cm³/mol. The van der Waals surface area contributed by atoms with E-state index in [1.807, 2.05) is 4.57 Å². The molecule has 0 aliphatic heterocycles. The van der Waals surface area contributed by atoms with E-state index in [-0.39, 0.29) is 12.0 Å². The summed E-state index contributed by atoms with van der Waals surface area (Å²) in [5, 5.41) is 9.22. The Morgan fingerprint density at radius 3 is 3.00 bits per heavy atom. The van der Waals surface area contributed by atoms with Crippen molar-refractivity contribution in [2.75, 3.05) is 20.1 Å². The molecule has 0 spiro atoms. The third kappa shape index (κ3) is 2.88. The summed E-state index contributed by atoms with van der Waals surface area (Å²) in [4.78, 5) is 17.8. The molecule has 1 aliphatic rings. The first-order valence-corrected chi connectivity index (χ1v) is 6.25. The third-order valence-corrected chi connectivity index (χ3v) is 3.33. The summed E-state index contributed by atoms with van der Waals surface area (Å²) in [7, 11) is 1.77. The number of aliphatic hydroxyl groups excluding tert-OH is 1. The second kappa shape index (κ2) is 5.49. The van der Waals surface area contributed by atoms with Crippen LogP contribution >= 0.6 is 0 Å². The van der Waals surface area contributed by atoms with E-state index in [1.54, 1.807) is 24.5 Å². The van der Waals surface area contributed by atoms with Gasteiger partial charge in [-0.05, 0) is 18.8 Å². The lowest BCUT2D eigenvalue weighted by atomic mass is 9.82. The van der Waals surface area contributed by atoms with Crippen LogP contribution in [0, 0.1) is 5.92 Å². The normalized spacial score (nSPS) is 22.6. The zero-order valence-electron chi connectivity index (χ0n) is 10.6. The maximum Gasteiger partial charge on any atom is 0.273 e. The van der Waals surface area contributed by atoms with Gasteiger partial charge in [0.2, 0.25) is 0 Å². The first-order chi connectivity index (χ1) is 8.60. The summed E-state index contributed by atoms with van der Waals surface area (Å²) >= 11 is 0. The molecule has 0 aromatic carbocycles. The van der Waals surface area contributed by atoms with Crippen LogP contribution in [0.3, 0.4) is 0 Å². The van der Waals surface area contributed by atoms with Gasteiger partial charge in [-0.2, -0.15) is 0 Å². The van der Waals surface area contributed by atoms with Gasteiger partial charge in [-0.3, -0.25) is 4.79 Å². The molecule has 1 heterocycles. The summed E-state index contributed by atoms with van der Waals surface area (Å²) in [6, 6.07) is 0. The molecular formula is C12H20N4O2. The molecule has 0 saturated heterocycles. The van der Waals surface area contributed by atoms with Crippen molar-refractivity contribution < 1.29 is 9.90 Å². The second-order valence-electron chi connectivity index (χ2n) is 4.96. The van der Waals surface area contributed by atoms with Gasteiger partial charge in [-0.1, -0.05) is 0 Å². The number of imidazole rings is 1. The number of carbonyl (C=O) groups excluding carboxylic acids is 1. The third-order valence-electron chi connectivity index (χ3n) is 3.33. The Labute approximate surface area is 106 Å². The Morgan fingerprint density at radius 1 is 1.67 bits per heavy atom. The molecule has 0 unspecified atom stereocenters. The SMILES string of the molecule is CN(CC1CC(O)C1)C(=O)c1cn(CCN)cn1. The van der Waals surface area contributed by atoms with E-state index in [9.17, 15) is 9.90 Å². The highest BCUT2D eigenvalue weighted by Gasteiger charge is 2.29. The fourth-order valence-electron chi connectivity index (χ4n) is 2.26. The van der Waals surface area contributed by atoms with Crippen LogP contribution in [0.5, 0.6) is 0 Å². The monoisotopic (exact) mass is 252 g/mol. The van der Waals surface area contributed by atoms with Crippen LogP contribution in [0.1, 0.15) is 23.3 Å². The van der Waals surface area contributed by atoms with Gasteiger partial charge in [0.1, 0.15) is 5.69 Å². The first kappa shape index (κ1) is 13.0. The number of aromatic nitrogens is 2. The number of nitrogens with two attached hydrogens (primary N) is 1. The van der Waals surface area contributed by atoms with E-state index in [1.165, 1.54) is 0 Å². The van der Waals surface area contributed by atoms with Crippen molar-refractivity contribution in [1.82, 2.24) is 14.5 Å². The molecule has 1 saturated carbocycles. The Kier molecular flexibility index (Phi) is 3.98. The molecule has 0 radical (unpaired) electrons. The van der Waals surface area contributed by atoms with E-state index < -0.39 is 0 Å². The van der Waals surface area contributed by atoms with Crippen molar-refractivity contribution >= 4 is 5.91 Å². The largest absolute Gasteiger partial charge is 0.393 e. The van der Waals surface area contributed by atoms with Gasteiger partial charge in [-0.15, -0.1) is 0 Å². The molecule has 100 valence electrons. The van der Waals surface area contributed by atoms with Crippen molar-refractivity contribution in [3.05, 3.63) is 18.2 Å². The van der Waals surface area contributed by atoms with Gasteiger partial charge >= 0.3 is 0 Å². The molecule has 0 bridgehead atoms. The van der Waals surface area contributed by atoms with E-state index in [2.05, 4.69) is 4.98 Å². The fourth-order valence-corrected chi connectivity index (χ4v) is 2.26. The fraction of sp³-hybridized carbons (Fsp3) is 0.667. The summed E-state index contributed by atoms with van der Waals surface area (Å²) < 4.78 is 1.81. The van der Waals surface area contributed by atoms with Crippen molar-refractivity contribution in [2.24, 2.45) is 11.7 Å². The zero-order valence-corrected chi connectivity index (χ0v) is 10.6. The quantitative estimate of drug-likeness (QED) is 0.752. The maximum atomic E-state index is 12.1. The van der Waals surface area contributed by atoms with E-state index in [4.69, 9.17) is 5.73 Å². The molecule has 1 fully saturated rings. The summed E-state index contributed by atoms with van der Waals surface area (Å²) in [6.07, 6.45) is 4.75. The van der Waals surface area contributed by atoms with Crippen molar-refractivity contribution in [3.8, 4) is 0 Å². The molecule has 1 amide bonds. The molecule has 6 heteroatoms. The minimum atomic E-state index is -0.178. The molecule has 1 aromatic rings. The van der Waals surface area contributed by atoms with Gasteiger partial charge in [-0.25, -0.2) is 4.98 Å². The van der Waals surface area contributed by atoms with Crippen LogP contribution in [-0.4, -0.2) is 51.7 Å². The molecule has 2 rings (SSSR count). The Bertz CT molecular complexity index is 412. The van der Waals surface area contributed by atoms with Gasteiger partial charge in [0.05, 0.1) is 12.4 Å². The smallest absolute Gasteiger partial charge is 0.273 e. The Morgan fingerprint density at radius 2 is 2.39 bits per heavy atom. The Balaban J connectivity index is 1.88. The highest BCUT2D eigenvalue weighted by atomic mass is 16.3. The van der Waals surface area contributed by atoms with E-state index in [0.717, 1.165) is 12.8 Å². The number of hydrogen-bond acceptors (Lipinski definition) is 4. The van der Waals surface area contributed by atoms with Crippen molar-refractivity contribution in [2.45, 2.75) is 25.5 Å². The first-order valence-electron chi connectivity index (χ1n) is 6.25. The minimum absolute atomic E-state index is 0.0767. The number of nitrogens with zero attached hydrogens (tertiary/aromatic N) is 3. The average Bonchev–Trinajstić information content (AvgIpc) is 2.75. The molecule has 0 atom stereocenters. The number of aliphatic hydroxyl groups is 1. The second-order valence-corrected chi connectivity index (χ2v) is 4.96. The maximum absolute atomic E-state index is 12.1. The molecule has 3 N–H and O–H groups in total. The Hall–Kier alpha value is -1.40. The molecule has 1 aromatic heterocycles. The van der Waals surface area contributed by atoms with Gasteiger partial charge < -0.3 is 20.3 Å². The van der Waals surface area contributed by atoms with Gasteiger partial charge in [0.25, 0.3) is 5.91 Å². The van der Waals surface area contributed by atoms with E-state index >= 15 is 0 Å². The molecular weight excluding hydrogens is 232 g/mol. The summed E-state index contributed by atoms with van der Waals surface area (Å²) in [5.41, 5.74) is 5.89.